The average molecular weight is 349 g/mol. The van der Waals surface area contributed by atoms with Gasteiger partial charge in [0.25, 0.3) is 0 Å². The number of benzene rings is 1. The van der Waals surface area contributed by atoms with E-state index in [0.717, 1.165) is 25.5 Å². The molecule has 1 aromatic rings. The molecule has 6 heteroatoms. The molecule has 5 rings (SSSR count). The van der Waals surface area contributed by atoms with E-state index in [1.165, 1.54) is 0 Å². The number of hydrogen-bond acceptors (Lipinski definition) is 4. The van der Waals surface area contributed by atoms with Crippen molar-refractivity contribution in [2.75, 3.05) is 6.26 Å². The zero-order valence-electron chi connectivity index (χ0n) is 13.8. The minimum atomic E-state index is -3.73. The first-order valence-electron chi connectivity index (χ1n) is 8.52. The minimum absolute atomic E-state index is 0.236. The summed E-state index contributed by atoms with van der Waals surface area (Å²) >= 11 is 0. The van der Waals surface area contributed by atoms with Crippen molar-refractivity contribution in [2.45, 2.75) is 42.5 Å². The molecule has 0 saturated heterocycles. The van der Waals surface area contributed by atoms with Crippen molar-refractivity contribution in [3.8, 4) is 5.75 Å². The van der Waals surface area contributed by atoms with Crippen LogP contribution in [0.15, 0.2) is 30.3 Å². The third-order valence-electron chi connectivity index (χ3n) is 6.40. The summed E-state index contributed by atoms with van der Waals surface area (Å²) < 4.78 is 30.5. The van der Waals surface area contributed by atoms with Gasteiger partial charge in [-0.1, -0.05) is 18.2 Å². The van der Waals surface area contributed by atoms with Gasteiger partial charge in [-0.25, -0.2) is 8.42 Å². The molecular weight excluding hydrogens is 326 g/mol. The number of carbonyl (C=O) groups is 1. The van der Waals surface area contributed by atoms with E-state index in [4.69, 9.17) is 10.5 Å². The van der Waals surface area contributed by atoms with E-state index in [-0.39, 0.29) is 5.92 Å². The highest BCUT2D eigenvalue weighted by Crippen LogP contribution is 2.63. The monoisotopic (exact) mass is 349 g/mol. The molecule has 2 N–H and O–H groups in total. The van der Waals surface area contributed by atoms with Gasteiger partial charge in [-0.2, -0.15) is 0 Å². The van der Waals surface area contributed by atoms with Crippen molar-refractivity contribution in [1.29, 1.82) is 0 Å². The van der Waals surface area contributed by atoms with Crippen LogP contribution in [0.25, 0.3) is 0 Å². The molecule has 0 heterocycles. The van der Waals surface area contributed by atoms with Gasteiger partial charge in [0, 0.05) is 6.26 Å². The fourth-order valence-corrected chi connectivity index (χ4v) is 8.09. The second-order valence-corrected chi connectivity index (χ2v) is 10.0. The molecule has 4 aliphatic carbocycles. The van der Waals surface area contributed by atoms with Gasteiger partial charge >= 0.3 is 0 Å². The van der Waals surface area contributed by atoms with Gasteiger partial charge in [-0.15, -0.1) is 0 Å². The molecule has 1 aromatic carbocycles. The predicted octanol–water partition coefficient (Wildman–Crippen LogP) is 1.91. The first-order chi connectivity index (χ1) is 11.3. The van der Waals surface area contributed by atoms with Gasteiger partial charge in [0.05, 0.1) is 0 Å². The summed E-state index contributed by atoms with van der Waals surface area (Å²) in [6, 6.07) is 9.20. The molecule has 4 fully saturated rings. The van der Waals surface area contributed by atoms with E-state index in [2.05, 4.69) is 0 Å². The Bertz CT molecular complexity index is 761. The smallest absolute Gasteiger partial charge is 0.243 e. The zero-order chi connectivity index (χ0) is 17.2. The number of ether oxygens (including phenoxy) is 1. The van der Waals surface area contributed by atoms with Crippen molar-refractivity contribution in [3.05, 3.63) is 30.3 Å². The summed E-state index contributed by atoms with van der Waals surface area (Å²) in [5, 5.41) is 0. The van der Waals surface area contributed by atoms with Crippen molar-refractivity contribution in [2.24, 2.45) is 23.5 Å². The molecule has 0 aromatic heterocycles. The normalized spacial score (nSPS) is 40.5. The van der Waals surface area contributed by atoms with Gasteiger partial charge in [0.1, 0.15) is 11.4 Å². The highest BCUT2D eigenvalue weighted by Gasteiger charge is 2.75. The quantitative estimate of drug-likeness (QED) is 0.899. The van der Waals surface area contributed by atoms with E-state index in [0.29, 0.717) is 30.4 Å². The maximum Gasteiger partial charge on any atom is 0.243 e. The fraction of sp³-hybridized carbons (Fsp3) is 0.611. The van der Waals surface area contributed by atoms with Crippen LogP contribution in [0.4, 0.5) is 0 Å². The van der Waals surface area contributed by atoms with Crippen LogP contribution in [0.1, 0.15) is 32.1 Å². The molecule has 0 radical (unpaired) electrons. The molecule has 24 heavy (non-hydrogen) atoms. The van der Waals surface area contributed by atoms with Crippen LogP contribution in [0.5, 0.6) is 5.75 Å². The highest BCUT2D eigenvalue weighted by atomic mass is 32.2. The van der Waals surface area contributed by atoms with Gasteiger partial charge in [-0.3, -0.25) is 4.79 Å². The maximum absolute atomic E-state index is 12.9. The molecule has 3 atom stereocenters. The lowest BCUT2D eigenvalue weighted by Crippen LogP contribution is -2.78. The molecule has 5 nitrogen and oxygen atoms in total. The number of para-hydroxylation sites is 1. The lowest BCUT2D eigenvalue weighted by Gasteiger charge is -2.64. The Kier molecular flexibility index (Phi) is 3.30. The topological polar surface area (TPSA) is 86.5 Å². The number of primary amides is 1. The van der Waals surface area contributed by atoms with Gasteiger partial charge in [0.15, 0.2) is 14.6 Å². The lowest BCUT2D eigenvalue weighted by molar-refractivity contribution is -0.160. The Morgan fingerprint density at radius 3 is 2.21 bits per heavy atom. The fourth-order valence-electron chi connectivity index (χ4n) is 6.04. The Morgan fingerprint density at radius 2 is 1.71 bits per heavy atom. The third-order valence-corrected chi connectivity index (χ3v) is 8.47. The number of nitrogens with two attached hydrogens (primary N) is 1. The van der Waals surface area contributed by atoms with Crippen molar-refractivity contribution in [1.82, 2.24) is 0 Å². The Morgan fingerprint density at radius 1 is 1.12 bits per heavy atom. The molecule has 3 unspecified atom stereocenters. The molecule has 1 amide bonds. The van der Waals surface area contributed by atoms with E-state index >= 15 is 0 Å². The number of sulfone groups is 1. The van der Waals surface area contributed by atoms with E-state index in [1.807, 2.05) is 30.3 Å². The van der Waals surface area contributed by atoms with Crippen molar-refractivity contribution < 1.29 is 17.9 Å². The molecule has 0 spiro atoms. The Hall–Kier alpha value is -1.56. The van der Waals surface area contributed by atoms with Crippen LogP contribution in [0.3, 0.4) is 0 Å². The zero-order valence-corrected chi connectivity index (χ0v) is 14.6. The largest absolute Gasteiger partial charge is 0.485 e. The van der Waals surface area contributed by atoms with Crippen LogP contribution < -0.4 is 10.5 Å². The molecule has 4 bridgehead atoms. The summed E-state index contributed by atoms with van der Waals surface area (Å²) in [6.45, 7) is 0. The van der Waals surface area contributed by atoms with Crippen molar-refractivity contribution in [3.63, 3.8) is 0 Å². The second-order valence-electron chi connectivity index (χ2n) is 7.83. The van der Waals surface area contributed by atoms with Gasteiger partial charge in [-0.05, 0) is 62.0 Å². The Balaban J connectivity index is 1.91. The first kappa shape index (κ1) is 15.9. The molecule has 4 aliphatic rings. The summed E-state index contributed by atoms with van der Waals surface area (Å²) in [5.74, 6) is 0.458. The van der Waals surface area contributed by atoms with E-state index < -0.39 is 26.1 Å². The lowest BCUT2D eigenvalue weighted by atomic mass is 9.49. The maximum atomic E-state index is 12.9. The number of hydrogen-bond donors (Lipinski definition) is 1. The summed E-state index contributed by atoms with van der Waals surface area (Å²) in [7, 11) is -3.73. The van der Waals surface area contributed by atoms with Crippen LogP contribution in [-0.4, -0.2) is 30.9 Å². The highest BCUT2D eigenvalue weighted by molar-refractivity contribution is 7.93. The number of amides is 1. The predicted molar refractivity (Wildman–Crippen MR) is 90.1 cm³/mol. The molecule has 4 saturated carbocycles. The summed E-state index contributed by atoms with van der Waals surface area (Å²) in [4.78, 5) is 12.6. The molecule has 0 aliphatic heterocycles. The van der Waals surface area contributed by atoms with E-state index in [1.54, 1.807) is 0 Å². The summed E-state index contributed by atoms with van der Waals surface area (Å²) in [6.07, 6.45) is 4.94. The number of carbonyl (C=O) groups excluding carboxylic acids is 1. The third kappa shape index (κ3) is 1.92. The van der Waals surface area contributed by atoms with Gasteiger partial charge in [0.2, 0.25) is 5.91 Å². The second kappa shape index (κ2) is 4.97. The summed E-state index contributed by atoms with van der Waals surface area (Å²) in [5.41, 5.74) is 4.74. The first-order valence-corrected chi connectivity index (χ1v) is 10.4. The molecular formula is C18H23NO4S. The van der Waals surface area contributed by atoms with Crippen LogP contribution in [-0.2, 0) is 14.6 Å². The van der Waals surface area contributed by atoms with Crippen LogP contribution in [0.2, 0.25) is 0 Å². The average Bonchev–Trinajstić information content (AvgIpc) is 2.45. The van der Waals surface area contributed by atoms with E-state index in [9.17, 15) is 13.2 Å². The SMILES string of the molecule is CS(=O)(=O)C1(C(N)=O)C2CC3CC(C2)CC1(Oc1ccccc1)C3. The minimum Gasteiger partial charge on any atom is -0.485 e. The van der Waals surface area contributed by atoms with Crippen LogP contribution >= 0.6 is 0 Å². The Labute approximate surface area is 142 Å². The molecule has 130 valence electrons. The van der Waals surface area contributed by atoms with Gasteiger partial charge < -0.3 is 10.5 Å². The van der Waals surface area contributed by atoms with Crippen molar-refractivity contribution >= 4 is 15.7 Å². The number of rotatable bonds is 4. The van der Waals surface area contributed by atoms with Crippen LogP contribution in [0, 0.1) is 17.8 Å². The standard InChI is InChI=1S/C18H23NO4S/c1-24(21,22)18(16(19)20)14-8-12-7-13(9-14)11-17(18,10-12)23-15-5-3-2-4-6-15/h2-6,12-14H,7-11H2,1H3,(H2,19,20).